The zero-order valence-corrected chi connectivity index (χ0v) is 19.8. The van der Waals surface area contributed by atoms with Crippen LogP contribution in [0.15, 0.2) is 78.1 Å². The molecule has 0 unspecified atom stereocenters. The lowest BCUT2D eigenvalue weighted by molar-refractivity contribution is 0.0950. The Balaban J connectivity index is 1.32. The van der Waals surface area contributed by atoms with Crippen molar-refractivity contribution in [1.29, 1.82) is 0 Å². The fourth-order valence-electron chi connectivity index (χ4n) is 4.08. The number of fused-ring (bicyclic) bond motifs is 2. The van der Waals surface area contributed by atoms with Crippen molar-refractivity contribution in [2.24, 2.45) is 0 Å². The van der Waals surface area contributed by atoms with Crippen LogP contribution in [0.3, 0.4) is 0 Å². The van der Waals surface area contributed by atoms with Gasteiger partial charge in [-0.2, -0.15) is 0 Å². The maximum absolute atomic E-state index is 13.7. The Morgan fingerprint density at radius 3 is 2.66 bits per heavy atom. The molecule has 3 N–H and O–H groups in total. The number of pyridine rings is 3. The number of hydrogen-bond acceptors (Lipinski definition) is 6. The molecule has 0 saturated heterocycles. The van der Waals surface area contributed by atoms with Gasteiger partial charge in [0.1, 0.15) is 11.6 Å². The predicted octanol–water partition coefficient (Wildman–Crippen LogP) is 5.14. The summed E-state index contributed by atoms with van der Waals surface area (Å²) in [6.07, 6.45) is 7.02. The summed E-state index contributed by atoms with van der Waals surface area (Å²) in [6.45, 7) is 0.384. The highest BCUT2D eigenvalue weighted by Crippen LogP contribution is 2.28. The number of aromatic nitrogens is 3. The zero-order valence-electron chi connectivity index (χ0n) is 19.0. The van der Waals surface area contributed by atoms with Crippen LogP contribution in [0, 0.1) is 5.82 Å². The maximum Gasteiger partial charge on any atom is 0.251 e. The first-order chi connectivity index (χ1) is 17.0. The quantitative estimate of drug-likeness (QED) is 0.325. The minimum atomic E-state index is -0.370. The molecular weight excluding hydrogens is 461 g/mol. The van der Waals surface area contributed by atoms with Crippen LogP contribution in [0.1, 0.15) is 27.2 Å². The third-order valence-electron chi connectivity index (χ3n) is 5.77. The second-order valence-electron chi connectivity index (χ2n) is 8.17. The smallest absolute Gasteiger partial charge is 0.251 e. The van der Waals surface area contributed by atoms with E-state index in [4.69, 9.17) is 5.73 Å². The van der Waals surface area contributed by atoms with Gasteiger partial charge in [-0.15, -0.1) is 11.8 Å². The molecule has 0 bridgehead atoms. The van der Waals surface area contributed by atoms with Crippen LogP contribution in [0.2, 0.25) is 0 Å². The van der Waals surface area contributed by atoms with Gasteiger partial charge in [-0.1, -0.05) is 12.1 Å². The highest BCUT2D eigenvalue weighted by molar-refractivity contribution is 7.98. The Morgan fingerprint density at radius 2 is 1.80 bits per heavy atom. The lowest BCUT2D eigenvalue weighted by Gasteiger charge is -2.10. The van der Waals surface area contributed by atoms with Gasteiger partial charge in [0.2, 0.25) is 0 Å². The molecule has 0 aliphatic carbocycles. The van der Waals surface area contributed by atoms with Crippen LogP contribution in [0.25, 0.3) is 21.7 Å². The number of carbonyl (C=O) groups excluding carboxylic acids is 1. The van der Waals surface area contributed by atoms with Gasteiger partial charge in [0, 0.05) is 52.3 Å². The van der Waals surface area contributed by atoms with Crippen LogP contribution >= 0.6 is 11.8 Å². The third kappa shape index (κ3) is 4.93. The number of nitrogens with one attached hydrogen (secondary N) is 1. The summed E-state index contributed by atoms with van der Waals surface area (Å²) in [5.41, 5.74) is 9.91. The van der Waals surface area contributed by atoms with Gasteiger partial charge in [-0.25, -0.2) is 9.37 Å². The Hall–Kier alpha value is -4.04. The van der Waals surface area contributed by atoms with E-state index in [-0.39, 0.29) is 11.7 Å². The first kappa shape index (κ1) is 22.7. The van der Waals surface area contributed by atoms with Gasteiger partial charge < -0.3 is 11.1 Å². The van der Waals surface area contributed by atoms with Crippen LogP contribution in [0.5, 0.6) is 0 Å². The fourth-order valence-corrected chi connectivity index (χ4v) is 4.71. The average molecular weight is 484 g/mol. The molecule has 0 saturated carbocycles. The van der Waals surface area contributed by atoms with Gasteiger partial charge in [0.05, 0.1) is 11.7 Å². The molecule has 2 aromatic carbocycles. The summed E-state index contributed by atoms with van der Waals surface area (Å²) in [7, 11) is 0. The van der Waals surface area contributed by atoms with Crippen molar-refractivity contribution in [1.82, 2.24) is 20.3 Å². The molecule has 5 aromatic rings. The normalized spacial score (nSPS) is 11.1. The molecule has 0 aliphatic rings. The van der Waals surface area contributed by atoms with Crippen LogP contribution < -0.4 is 11.1 Å². The topological polar surface area (TPSA) is 93.8 Å². The number of nitrogens with two attached hydrogens (primary N) is 1. The van der Waals surface area contributed by atoms with Crippen LogP contribution in [-0.4, -0.2) is 27.1 Å². The number of nitrogen functional groups attached to an aromatic ring is 1. The van der Waals surface area contributed by atoms with Gasteiger partial charge in [0.15, 0.2) is 0 Å². The summed E-state index contributed by atoms with van der Waals surface area (Å²) in [5.74, 6) is -0.0671. The molecule has 3 heterocycles. The van der Waals surface area contributed by atoms with Crippen molar-refractivity contribution >= 4 is 45.2 Å². The standard InChI is InChI=1S/C27H22FN5OS/c1-35-24-11-17(9-20-12-21(28)15-32-25(20)24)10-22-13-19(5-6-30-22)27(34)33-14-16-2-3-23-18(8-16)4-7-31-26(23)29/h2-9,11-13,15H,10,14H2,1H3,(H2,29,31)(H,33,34). The molecule has 6 nitrogen and oxygen atoms in total. The minimum Gasteiger partial charge on any atom is -0.383 e. The molecule has 174 valence electrons. The summed E-state index contributed by atoms with van der Waals surface area (Å²) in [4.78, 5) is 26.6. The van der Waals surface area contributed by atoms with Crippen molar-refractivity contribution in [3.8, 4) is 0 Å². The molecular formula is C27H22FN5OS. The number of rotatable bonds is 6. The zero-order chi connectivity index (χ0) is 24.4. The van der Waals surface area contributed by atoms with Gasteiger partial charge in [-0.05, 0) is 65.2 Å². The Bertz CT molecular complexity index is 1570. The Kier molecular flexibility index (Phi) is 6.29. The molecule has 0 aliphatic heterocycles. The SMILES string of the molecule is CSc1cc(Cc2cc(C(=O)NCc3ccc4c(N)nccc4c3)ccn2)cc2cc(F)cnc12. The highest BCUT2D eigenvalue weighted by atomic mass is 32.2. The summed E-state index contributed by atoms with van der Waals surface area (Å²) in [5, 5.41) is 5.58. The van der Waals surface area contributed by atoms with E-state index in [1.54, 1.807) is 36.3 Å². The molecule has 1 amide bonds. The number of amides is 1. The van der Waals surface area contributed by atoms with E-state index < -0.39 is 0 Å². The number of benzene rings is 2. The average Bonchev–Trinajstić information content (AvgIpc) is 2.86. The first-order valence-corrected chi connectivity index (χ1v) is 12.2. The highest BCUT2D eigenvalue weighted by Gasteiger charge is 2.11. The predicted molar refractivity (Wildman–Crippen MR) is 138 cm³/mol. The maximum atomic E-state index is 13.7. The molecule has 35 heavy (non-hydrogen) atoms. The molecule has 5 rings (SSSR count). The van der Waals surface area contributed by atoms with E-state index in [0.29, 0.717) is 24.3 Å². The molecule has 0 atom stereocenters. The van der Waals surface area contributed by atoms with Crippen molar-refractivity contribution < 1.29 is 9.18 Å². The van der Waals surface area contributed by atoms with Gasteiger partial charge in [-0.3, -0.25) is 14.8 Å². The molecule has 0 fully saturated rings. The lowest BCUT2D eigenvalue weighted by atomic mass is 10.0. The molecule has 3 aromatic heterocycles. The van der Waals surface area contributed by atoms with E-state index in [9.17, 15) is 9.18 Å². The van der Waals surface area contributed by atoms with E-state index in [1.165, 1.54) is 12.3 Å². The summed E-state index contributed by atoms with van der Waals surface area (Å²) < 4.78 is 13.7. The number of nitrogens with zero attached hydrogens (tertiary/aromatic N) is 3. The van der Waals surface area contributed by atoms with Crippen molar-refractivity contribution in [2.75, 3.05) is 12.0 Å². The van der Waals surface area contributed by atoms with Crippen LogP contribution in [-0.2, 0) is 13.0 Å². The van der Waals surface area contributed by atoms with E-state index in [2.05, 4.69) is 20.3 Å². The third-order valence-corrected chi connectivity index (χ3v) is 6.52. The molecule has 0 spiro atoms. The summed E-state index contributed by atoms with van der Waals surface area (Å²) >= 11 is 1.56. The number of thioether (sulfide) groups is 1. The molecule has 8 heteroatoms. The second-order valence-corrected chi connectivity index (χ2v) is 9.02. The Morgan fingerprint density at radius 1 is 0.971 bits per heavy atom. The minimum absolute atomic E-state index is 0.183. The van der Waals surface area contributed by atoms with E-state index in [1.807, 2.05) is 42.7 Å². The number of carbonyl (C=O) groups is 1. The first-order valence-electron chi connectivity index (χ1n) is 11.0. The van der Waals surface area contributed by atoms with Gasteiger partial charge >= 0.3 is 0 Å². The van der Waals surface area contributed by atoms with Crippen LogP contribution in [0.4, 0.5) is 10.2 Å². The van der Waals surface area contributed by atoms with E-state index in [0.717, 1.165) is 43.4 Å². The van der Waals surface area contributed by atoms with Crippen molar-refractivity contribution in [3.63, 3.8) is 0 Å². The van der Waals surface area contributed by atoms with E-state index >= 15 is 0 Å². The number of hydrogen-bond donors (Lipinski definition) is 2. The fraction of sp³-hybridized carbons (Fsp3) is 0.111. The van der Waals surface area contributed by atoms with Crippen molar-refractivity contribution in [3.05, 3.63) is 101 Å². The largest absolute Gasteiger partial charge is 0.383 e. The second kappa shape index (κ2) is 9.68. The number of halogens is 1. The van der Waals surface area contributed by atoms with Gasteiger partial charge in [0.25, 0.3) is 5.91 Å². The van der Waals surface area contributed by atoms with Crippen molar-refractivity contribution in [2.45, 2.75) is 17.9 Å². The molecule has 0 radical (unpaired) electrons. The monoisotopic (exact) mass is 483 g/mol. The number of anilines is 1. The summed E-state index contributed by atoms with van der Waals surface area (Å²) in [6, 6.07) is 16.7. The lowest BCUT2D eigenvalue weighted by Crippen LogP contribution is -2.23. The Labute approximate surface area is 205 Å².